The van der Waals surface area contributed by atoms with E-state index in [0.717, 1.165) is 6.42 Å². The Morgan fingerprint density at radius 2 is 1.52 bits per heavy atom. The number of rotatable bonds is 4. The van der Waals surface area contributed by atoms with E-state index in [2.05, 4.69) is 75.6 Å². The van der Waals surface area contributed by atoms with E-state index in [1.54, 1.807) is 11.8 Å². The first-order valence-electron chi connectivity index (χ1n) is 7.39. The Kier molecular flexibility index (Phi) is 5.13. The normalized spacial score (nSPS) is 13.2. The summed E-state index contributed by atoms with van der Waals surface area (Å²) in [4.78, 5) is 1.28. The molecular weight excluding hydrogens is 274 g/mol. The van der Waals surface area contributed by atoms with Crippen LogP contribution in [0.4, 0.5) is 0 Å². The topological polar surface area (TPSA) is 26.0 Å². The van der Waals surface area contributed by atoms with Gasteiger partial charge in [0.25, 0.3) is 0 Å². The molecule has 2 aromatic rings. The molecule has 0 fully saturated rings. The van der Waals surface area contributed by atoms with Gasteiger partial charge in [0.2, 0.25) is 0 Å². The molecule has 0 aliphatic carbocycles. The lowest BCUT2D eigenvalue weighted by Crippen LogP contribution is -2.14. The maximum atomic E-state index is 6.34. The van der Waals surface area contributed by atoms with Gasteiger partial charge in [0.15, 0.2) is 0 Å². The molecule has 2 aromatic carbocycles. The Labute approximate surface area is 133 Å². The first-order valence-corrected chi connectivity index (χ1v) is 8.61. The number of benzene rings is 2. The highest BCUT2D eigenvalue weighted by Gasteiger charge is 2.13. The second-order valence-corrected chi connectivity index (χ2v) is 7.41. The first kappa shape index (κ1) is 16.1. The zero-order valence-corrected chi connectivity index (χ0v) is 14.2. The summed E-state index contributed by atoms with van der Waals surface area (Å²) >= 11 is 1.76. The van der Waals surface area contributed by atoms with Crippen LogP contribution < -0.4 is 5.73 Å². The van der Waals surface area contributed by atoms with E-state index in [4.69, 9.17) is 5.73 Å². The molecule has 2 N–H and O–H groups in total. The van der Waals surface area contributed by atoms with Crippen molar-refractivity contribution in [3.05, 3.63) is 65.2 Å². The predicted octanol–water partition coefficient (Wildman–Crippen LogP) is 4.95. The number of nitrogens with two attached hydrogens (primary N) is 1. The molecular formula is C19H25NS. The van der Waals surface area contributed by atoms with Crippen LogP contribution in [0.15, 0.2) is 53.4 Å². The maximum absolute atomic E-state index is 6.34. The molecule has 2 rings (SSSR count). The van der Waals surface area contributed by atoms with Gasteiger partial charge in [0, 0.05) is 10.9 Å². The minimum absolute atomic E-state index is 0.0568. The average molecular weight is 299 g/mol. The molecule has 0 radical (unpaired) electrons. The SMILES string of the molecule is CSc1ccc(C(N)Cc2ccc(C(C)(C)C)cc2)cc1. The molecule has 0 spiro atoms. The number of hydrogen-bond donors (Lipinski definition) is 1. The summed E-state index contributed by atoms with van der Waals surface area (Å²) in [6, 6.07) is 17.5. The van der Waals surface area contributed by atoms with Crippen molar-refractivity contribution in [2.45, 2.75) is 43.5 Å². The van der Waals surface area contributed by atoms with E-state index in [1.165, 1.54) is 21.6 Å². The lowest BCUT2D eigenvalue weighted by atomic mass is 9.86. The molecule has 112 valence electrons. The molecule has 0 aliphatic rings. The summed E-state index contributed by atoms with van der Waals surface area (Å²) in [5.74, 6) is 0. The van der Waals surface area contributed by atoms with Crippen LogP contribution in [0.25, 0.3) is 0 Å². The van der Waals surface area contributed by atoms with Crippen molar-refractivity contribution in [3.63, 3.8) is 0 Å². The Hall–Kier alpha value is -1.25. The van der Waals surface area contributed by atoms with Gasteiger partial charge in [0.05, 0.1) is 0 Å². The lowest BCUT2D eigenvalue weighted by Gasteiger charge is -2.19. The third-order valence-electron chi connectivity index (χ3n) is 3.82. The van der Waals surface area contributed by atoms with Gasteiger partial charge in [-0.25, -0.2) is 0 Å². The Bertz CT molecular complexity index is 564. The van der Waals surface area contributed by atoms with Gasteiger partial charge < -0.3 is 5.73 Å². The summed E-state index contributed by atoms with van der Waals surface area (Å²) in [7, 11) is 0. The second kappa shape index (κ2) is 6.67. The third-order valence-corrected chi connectivity index (χ3v) is 4.56. The minimum Gasteiger partial charge on any atom is -0.324 e. The molecule has 0 amide bonds. The van der Waals surface area contributed by atoms with Gasteiger partial charge >= 0.3 is 0 Å². The maximum Gasteiger partial charge on any atom is 0.0335 e. The molecule has 0 saturated carbocycles. The van der Waals surface area contributed by atoms with Crippen molar-refractivity contribution in [2.75, 3.05) is 6.26 Å². The molecule has 1 unspecified atom stereocenters. The summed E-state index contributed by atoms with van der Waals surface area (Å²) < 4.78 is 0. The lowest BCUT2D eigenvalue weighted by molar-refractivity contribution is 0.589. The average Bonchev–Trinajstić information content (AvgIpc) is 2.47. The highest BCUT2D eigenvalue weighted by molar-refractivity contribution is 7.98. The quantitative estimate of drug-likeness (QED) is 0.808. The van der Waals surface area contributed by atoms with E-state index >= 15 is 0 Å². The molecule has 0 aromatic heterocycles. The van der Waals surface area contributed by atoms with Gasteiger partial charge in [-0.3, -0.25) is 0 Å². The van der Waals surface area contributed by atoms with E-state index in [0.29, 0.717) is 0 Å². The summed E-state index contributed by atoms with van der Waals surface area (Å²) in [5.41, 5.74) is 10.4. The zero-order valence-electron chi connectivity index (χ0n) is 13.4. The standard InChI is InChI=1S/C19H25NS/c1-19(2,3)16-9-5-14(6-10-16)13-18(20)15-7-11-17(21-4)12-8-15/h5-12,18H,13,20H2,1-4H3. The molecule has 1 atom stereocenters. The predicted molar refractivity (Wildman–Crippen MR) is 94.0 cm³/mol. The Balaban J connectivity index is 2.06. The Morgan fingerprint density at radius 1 is 0.952 bits per heavy atom. The van der Waals surface area contributed by atoms with E-state index in [1.807, 2.05) is 0 Å². The molecule has 0 heterocycles. The van der Waals surface area contributed by atoms with Crippen molar-refractivity contribution in [3.8, 4) is 0 Å². The summed E-state index contributed by atoms with van der Waals surface area (Å²) in [6.45, 7) is 6.71. The van der Waals surface area contributed by atoms with Gasteiger partial charge in [-0.15, -0.1) is 11.8 Å². The molecule has 0 bridgehead atoms. The van der Waals surface area contributed by atoms with Gasteiger partial charge in [-0.2, -0.15) is 0 Å². The number of thioether (sulfide) groups is 1. The van der Waals surface area contributed by atoms with Crippen molar-refractivity contribution >= 4 is 11.8 Å². The van der Waals surface area contributed by atoms with Crippen LogP contribution in [0.2, 0.25) is 0 Å². The minimum atomic E-state index is 0.0568. The molecule has 0 aliphatic heterocycles. The van der Waals surface area contributed by atoms with Crippen LogP contribution in [-0.4, -0.2) is 6.26 Å². The van der Waals surface area contributed by atoms with Crippen molar-refractivity contribution in [1.82, 2.24) is 0 Å². The Morgan fingerprint density at radius 3 is 2.00 bits per heavy atom. The van der Waals surface area contributed by atoms with Crippen LogP contribution in [0, 0.1) is 0 Å². The smallest absolute Gasteiger partial charge is 0.0335 e. The van der Waals surface area contributed by atoms with E-state index in [-0.39, 0.29) is 11.5 Å². The van der Waals surface area contributed by atoms with Crippen molar-refractivity contribution in [1.29, 1.82) is 0 Å². The van der Waals surface area contributed by atoms with Crippen LogP contribution in [0.5, 0.6) is 0 Å². The fourth-order valence-electron chi connectivity index (χ4n) is 2.36. The summed E-state index contributed by atoms with van der Waals surface area (Å²) in [5, 5.41) is 0. The highest BCUT2D eigenvalue weighted by atomic mass is 32.2. The second-order valence-electron chi connectivity index (χ2n) is 6.53. The molecule has 21 heavy (non-hydrogen) atoms. The van der Waals surface area contributed by atoms with Crippen LogP contribution in [0.3, 0.4) is 0 Å². The van der Waals surface area contributed by atoms with Crippen LogP contribution in [0.1, 0.15) is 43.5 Å². The van der Waals surface area contributed by atoms with Crippen LogP contribution in [-0.2, 0) is 11.8 Å². The van der Waals surface area contributed by atoms with Gasteiger partial charge in [-0.05, 0) is 46.9 Å². The zero-order chi connectivity index (χ0) is 15.5. The molecule has 2 heteroatoms. The van der Waals surface area contributed by atoms with E-state index in [9.17, 15) is 0 Å². The van der Waals surface area contributed by atoms with Crippen molar-refractivity contribution < 1.29 is 0 Å². The van der Waals surface area contributed by atoms with Crippen LogP contribution >= 0.6 is 11.8 Å². The fraction of sp³-hybridized carbons (Fsp3) is 0.368. The largest absolute Gasteiger partial charge is 0.324 e. The van der Waals surface area contributed by atoms with Crippen molar-refractivity contribution in [2.24, 2.45) is 5.73 Å². The highest BCUT2D eigenvalue weighted by Crippen LogP contribution is 2.24. The third kappa shape index (κ3) is 4.36. The monoisotopic (exact) mass is 299 g/mol. The summed E-state index contributed by atoms with van der Waals surface area (Å²) in [6.07, 6.45) is 2.97. The fourth-order valence-corrected chi connectivity index (χ4v) is 2.77. The molecule has 1 nitrogen and oxygen atoms in total. The molecule has 0 saturated heterocycles. The first-order chi connectivity index (χ1) is 9.90. The van der Waals surface area contributed by atoms with E-state index < -0.39 is 0 Å². The number of hydrogen-bond acceptors (Lipinski definition) is 2. The van der Waals surface area contributed by atoms with Gasteiger partial charge in [0.1, 0.15) is 0 Å². The van der Waals surface area contributed by atoms with Gasteiger partial charge in [-0.1, -0.05) is 57.2 Å².